The summed E-state index contributed by atoms with van der Waals surface area (Å²) in [4.78, 5) is 15.7. The highest BCUT2D eigenvalue weighted by atomic mass is 32.2. The van der Waals surface area contributed by atoms with E-state index in [9.17, 15) is 4.79 Å². The van der Waals surface area contributed by atoms with Gasteiger partial charge in [-0.05, 0) is 34.0 Å². The van der Waals surface area contributed by atoms with Crippen LogP contribution in [0, 0.1) is 0 Å². The van der Waals surface area contributed by atoms with E-state index < -0.39 is 11.7 Å². The van der Waals surface area contributed by atoms with Crippen LogP contribution in [0.25, 0.3) is 0 Å². The fraction of sp³-hybridized carbons (Fsp3) is 0.636. The van der Waals surface area contributed by atoms with Crippen LogP contribution in [0.5, 0.6) is 0 Å². The number of aromatic nitrogens is 3. The van der Waals surface area contributed by atoms with E-state index in [1.165, 1.54) is 11.8 Å². The number of carbonyl (C=O) groups excluding carboxylic acids is 1. The zero-order valence-electron chi connectivity index (χ0n) is 11.2. The quantitative estimate of drug-likeness (QED) is 0.848. The van der Waals surface area contributed by atoms with Crippen molar-refractivity contribution in [2.24, 2.45) is 0 Å². The van der Waals surface area contributed by atoms with Crippen LogP contribution in [0.4, 0.5) is 4.79 Å². The van der Waals surface area contributed by atoms with Crippen LogP contribution in [0.1, 0.15) is 39.4 Å². The van der Waals surface area contributed by atoms with Gasteiger partial charge in [0, 0.05) is 0 Å². The van der Waals surface area contributed by atoms with Crippen LogP contribution in [-0.4, -0.2) is 33.1 Å². The van der Waals surface area contributed by atoms with Gasteiger partial charge in [0.25, 0.3) is 0 Å². The molecule has 0 aliphatic rings. The number of carbonyl (C=O) groups is 1. The molecule has 0 fully saturated rings. The maximum absolute atomic E-state index is 11.6. The number of rotatable bonds is 3. The maximum Gasteiger partial charge on any atom is 0.408 e. The van der Waals surface area contributed by atoms with E-state index in [-0.39, 0.29) is 6.04 Å². The zero-order chi connectivity index (χ0) is 13.8. The second kappa shape index (κ2) is 5.99. The summed E-state index contributed by atoms with van der Waals surface area (Å²) < 4.78 is 5.15. The number of nitrogens with zero attached hydrogens (tertiary/aromatic N) is 3. The van der Waals surface area contributed by atoms with E-state index in [1.807, 2.05) is 27.0 Å². The maximum atomic E-state index is 11.6. The number of nitrogens with one attached hydrogen (secondary N) is 1. The summed E-state index contributed by atoms with van der Waals surface area (Å²) in [6.07, 6.45) is 2.99. The fourth-order valence-electron chi connectivity index (χ4n) is 1.12. The smallest absolute Gasteiger partial charge is 0.408 e. The van der Waals surface area contributed by atoms with E-state index in [4.69, 9.17) is 4.74 Å². The topological polar surface area (TPSA) is 77.0 Å². The Labute approximate surface area is 111 Å². The highest BCUT2D eigenvalue weighted by molar-refractivity contribution is 7.98. The lowest BCUT2D eigenvalue weighted by molar-refractivity contribution is 0.0506. The molecule has 0 saturated heterocycles. The van der Waals surface area contributed by atoms with Gasteiger partial charge < -0.3 is 10.1 Å². The molecular weight excluding hydrogens is 252 g/mol. The molecule has 1 amide bonds. The standard InChI is InChI=1S/C11H18N4O2S/c1-7(13-10(16)17-11(2,3)4)8-6-12-9(18-5)15-14-8/h6-7H,1-5H3,(H,13,16)/t7-/m0/s1. The van der Waals surface area contributed by atoms with Gasteiger partial charge in [0.1, 0.15) is 11.3 Å². The monoisotopic (exact) mass is 270 g/mol. The van der Waals surface area contributed by atoms with Crippen molar-refractivity contribution in [2.75, 3.05) is 6.26 Å². The molecule has 18 heavy (non-hydrogen) atoms. The van der Waals surface area contributed by atoms with Crippen LogP contribution in [0.15, 0.2) is 11.4 Å². The normalized spacial score (nSPS) is 12.9. The van der Waals surface area contributed by atoms with Gasteiger partial charge in [0.05, 0.1) is 12.2 Å². The second-order valence-corrected chi connectivity index (χ2v) is 5.51. The van der Waals surface area contributed by atoms with Crippen LogP contribution >= 0.6 is 11.8 Å². The molecule has 0 spiro atoms. The van der Waals surface area contributed by atoms with Crippen molar-refractivity contribution < 1.29 is 9.53 Å². The van der Waals surface area contributed by atoms with Gasteiger partial charge >= 0.3 is 6.09 Å². The number of hydrogen-bond acceptors (Lipinski definition) is 6. The highest BCUT2D eigenvalue weighted by Crippen LogP contribution is 2.12. The summed E-state index contributed by atoms with van der Waals surface area (Å²) >= 11 is 1.41. The molecule has 0 unspecified atom stereocenters. The third-order valence-electron chi connectivity index (χ3n) is 1.92. The molecule has 0 bridgehead atoms. The number of amides is 1. The SMILES string of the molecule is CSc1ncc([C@H](C)NC(=O)OC(C)(C)C)nn1. The second-order valence-electron chi connectivity index (χ2n) is 4.74. The first-order valence-corrected chi connectivity index (χ1v) is 6.77. The van der Waals surface area contributed by atoms with Crippen molar-refractivity contribution in [3.8, 4) is 0 Å². The highest BCUT2D eigenvalue weighted by Gasteiger charge is 2.19. The van der Waals surface area contributed by atoms with Gasteiger partial charge in [-0.25, -0.2) is 9.78 Å². The van der Waals surface area contributed by atoms with Crippen molar-refractivity contribution in [1.82, 2.24) is 20.5 Å². The van der Waals surface area contributed by atoms with Gasteiger partial charge in [-0.3, -0.25) is 0 Å². The average molecular weight is 270 g/mol. The third-order valence-corrected chi connectivity index (χ3v) is 2.47. The largest absolute Gasteiger partial charge is 0.444 e. The lowest BCUT2D eigenvalue weighted by Gasteiger charge is -2.21. The van der Waals surface area contributed by atoms with E-state index in [2.05, 4.69) is 20.5 Å². The first kappa shape index (κ1) is 14.7. The minimum Gasteiger partial charge on any atom is -0.444 e. The summed E-state index contributed by atoms with van der Waals surface area (Å²) in [6, 6.07) is -0.296. The third kappa shape index (κ3) is 4.87. The number of ether oxygens (including phenoxy) is 1. The molecule has 0 aliphatic carbocycles. The van der Waals surface area contributed by atoms with Crippen molar-refractivity contribution in [3.05, 3.63) is 11.9 Å². The summed E-state index contributed by atoms with van der Waals surface area (Å²) in [5.41, 5.74) is 0.0786. The molecule has 100 valence electrons. The van der Waals surface area contributed by atoms with Crippen LogP contribution in [-0.2, 0) is 4.74 Å². The molecule has 1 aromatic rings. The van der Waals surface area contributed by atoms with Crippen molar-refractivity contribution in [1.29, 1.82) is 0 Å². The molecule has 1 aromatic heterocycles. The Kier molecular flexibility index (Phi) is 4.89. The average Bonchev–Trinajstić information content (AvgIpc) is 2.26. The predicted octanol–water partition coefficient (Wildman–Crippen LogP) is 2.18. The molecule has 1 N–H and O–H groups in total. The molecule has 1 atom stereocenters. The summed E-state index contributed by atoms with van der Waals surface area (Å²) in [6.45, 7) is 7.23. The summed E-state index contributed by atoms with van der Waals surface area (Å²) in [7, 11) is 0. The number of hydrogen-bond donors (Lipinski definition) is 1. The van der Waals surface area contributed by atoms with E-state index in [0.29, 0.717) is 10.9 Å². The Morgan fingerprint density at radius 1 is 1.44 bits per heavy atom. The van der Waals surface area contributed by atoms with Gasteiger partial charge in [-0.2, -0.15) is 0 Å². The predicted molar refractivity (Wildman–Crippen MR) is 69.4 cm³/mol. The first-order valence-electron chi connectivity index (χ1n) is 5.55. The van der Waals surface area contributed by atoms with Crippen molar-refractivity contribution in [3.63, 3.8) is 0 Å². The summed E-state index contributed by atoms with van der Waals surface area (Å²) in [5, 5.41) is 11.2. The Morgan fingerprint density at radius 2 is 2.11 bits per heavy atom. The Bertz CT molecular complexity index is 402. The Hall–Kier alpha value is -1.37. The molecule has 7 heteroatoms. The first-order chi connectivity index (χ1) is 8.31. The molecule has 1 rings (SSSR count). The number of thioether (sulfide) groups is 1. The Balaban J connectivity index is 2.59. The van der Waals surface area contributed by atoms with Gasteiger partial charge in [0.2, 0.25) is 5.16 Å². The molecule has 1 heterocycles. The van der Waals surface area contributed by atoms with Gasteiger partial charge in [-0.1, -0.05) is 11.8 Å². The molecule has 6 nitrogen and oxygen atoms in total. The molecule has 0 aromatic carbocycles. The molecular formula is C11H18N4O2S. The van der Waals surface area contributed by atoms with Crippen molar-refractivity contribution >= 4 is 17.9 Å². The van der Waals surface area contributed by atoms with Gasteiger partial charge in [-0.15, -0.1) is 10.2 Å². The van der Waals surface area contributed by atoms with Gasteiger partial charge in [0.15, 0.2) is 0 Å². The lowest BCUT2D eigenvalue weighted by atomic mass is 10.2. The molecule has 0 radical (unpaired) electrons. The van der Waals surface area contributed by atoms with E-state index in [0.717, 1.165) is 0 Å². The van der Waals surface area contributed by atoms with E-state index >= 15 is 0 Å². The molecule has 0 saturated carbocycles. The zero-order valence-corrected chi connectivity index (χ0v) is 12.0. The van der Waals surface area contributed by atoms with Crippen LogP contribution in [0.2, 0.25) is 0 Å². The lowest BCUT2D eigenvalue weighted by Crippen LogP contribution is -2.34. The minimum atomic E-state index is -0.517. The summed E-state index contributed by atoms with van der Waals surface area (Å²) in [5.74, 6) is 0. The Morgan fingerprint density at radius 3 is 2.56 bits per heavy atom. The minimum absolute atomic E-state index is 0.296. The van der Waals surface area contributed by atoms with Crippen LogP contribution < -0.4 is 5.32 Å². The van der Waals surface area contributed by atoms with Crippen LogP contribution in [0.3, 0.4) is 0 Å². The molecule has 0 aliphatic heterocycles. The van der Waals surface area contributed by atoms with E-state index in [1.54, 1.807) is 13.1 Å². The fourth-order valence-corrected chi connectivity index (χ4v) is 1.40. The van der Waals surface area contributed by atoms with Crippen molar-refractivity contribution in [2.45, 2.75) is 44.5 Å². The number of alkyl carbamates (subject to hydrolysis) is 1.